The standard InChI is InChI=1S/C10H11BrFN/c11-7-1-2-10(12)9(5-7)6-3-8(13)4-6/h1-2,5-6,8H,3-4,13H2. The van der Waals surface area contributed by atoms with Crippen molar-refractivity contribution < 1.29 is 4.39 Å². The maximum Gasteiger partial charge on any atom is 0.126 e. The van der Waals surface area contributed by atoms with Gasteiger partial charge in [0.2, 0.25) is 0 Å². The first kappa shape index (κ1) is 9.16. The molecule has 0 unspecified atom stereocenters. The fraction of sp³-hybridized carbons (Fsp3) is 0.400. The fourth-order valence-electron chi connectivity index (χ4n) is 1.74. The maximum absolute atomic E-state index is 13.3. The molecule has 1 saturated carbocycles. The van der Waals surface area contributed by atoms with E-state index in [0.29, 0.717) is 5.92 Å². The highest BCUT2D eigenvalue weighted by Crippen LogP contribution is 2.37. The Labute approximate surface area is 85.3 Å². The SMILES string of the molecule is NC1CC(c2cc(Br)ccc2F)C1. The van der Waals surface area contributed by atoms with Gasteiger partial charge in [-0.05, 0) is 42.5 Å². The molecular formula is C10H11BrFN. The highest BCUT2D eigenvalue weighted by atomic mass is 79.9. The Balaban J connectivity index is 2.24. The highest BCUT2D eigenvalue weighted by Gasteiger charge is 2.29. The number of benzene rings is 1. The van der Waals surface area contributed by atoms with Crippen LogP contribution in [-0.4, -0.2) is 6.04 Å². The van der Waals surface area contributed by atoms with Crippen LogP contribution in [0.4, 0.5) is 4.39 Å². The lowest BCUT2D eigenvalue weighted by Gasteiger charge is -2.33. The molecule has 1 aliphatic carbocycles. The lowest BCUT2D eigenvalue weighted by molar-refractivity contribution is 0.342. The van der Waals surface area contributed by atoms with Crippen molar-refractivity contribution in [2.75, 3.05) is 0 Å². The van der Waals surface area contributed by atoms with Gasteiger partial charge in [-0.15, -0.1) is 0 Å². The van der Waals surface area contributed by atoms with E-state index in [1.807, 2.05) is 6.07 Å². The second-order valence-corrected chi connectivity index (χ2v) is 4.51. The quantitative estimate of drug-likeness (QED) is 0.807. The largest absolute Gasteiger partial charge is 0.328 e. The molecule has 0 bridgehead atoms. The third-order valence-electron chi connectivity index (χ3n) is 2.57. The molecule has 1 aliphatic rings. The van der Waals surface area contributed by atoms with Crippen molar-refractivity contribution in [1.82, 2.24) is 0 Å². The average Bonchev–Trinajstić information content (AvgIpc) is 2.04. The Morgan fingerprint density at radius 2 is 2.08 bits per heavy atom. The summed E-state index contributed by atoms with van der Waals surface area (Å²) in [6, 6.07) is 5.34. The summed E-state index contributed by atoms with van der Waals surface area (Å²) in [5.41, 5.74) is 6.46. The van der Waals surface area contributed by atoms with E-state index in [4.69, 9.17) is 5.73 Å². The molecule has 0 radical (unpaired) electrons. The van der Waals surface area contributed by atoms with Crippen LogP contribution >= 0.6 is 15.9 Å². The number of hydrogen-bond acceptors (Lipinski definition) is 1. The molecule has 3 heteroatoms. The van der Waals surface area contributed by atoms with E-state index in [2.05, 4.69) is 15.9 Å². The molecule has 0 saturated heterocycles. The van der Waals surface area contributed by atoms with E-state index in [0.717, 1.165) is 22.9 Å². The molecule has 0 aromatic heterocycles. The van der Waals surface area contributed by atoms with Crippen molar-refractivity contribution in [3.63, 3.8) is 0 Å². The number of halogens is 2. The third kappa shape index (κ3) is 1.76. The average molecular weight is 244 g/mol. The minimum atomic E-state index is -0.111. The Bertz CT molecular complexity index is 321. The molecule has 0 heterocycles. The zero-order valence-corrected chi connectivity index (χ0v) is 8.72. The summed E-state index contributed by atoms with van der Waals surface area (Å²) in [6.07, 6.45) is 1.82. The Morgan fingerprint density at radius 1 is 1.38 bits per heavy atom. The van der Waals surface area contributed by atoms with Crippen molar-refractivity contribution in [2.24, 2.45) is 5.73 Å². The summed E-state index contributed by atoms with van der Waals surface area (Å²) >= 11 is 3.34. The molecular weight excluding hydrogens is 233 g/mol. The molecule has 1 fully saturated rings. The van der Waals surface area contributed by atoms with Crippen LogP contribution in [0.1, 0.15) is 24.3 Å². The van der Waals surface area contributed by atoms with Crippen LogP contribution in [-0.2, 0) is 0 Å². The minimum Gasteiger partial charge on any atom is -0.328 e. The molecule has 0 amide bonds. The third-order valence-corrected chi connectivity index (χ3v) is 3.07. The predicted octanol–water partition coefficient (Wildman–Crippen LogP) is 2.79. The van der Waals surface area contributed by atoms with Crippen molar-refractivity contribution >= 4 is 15.9 Å². The van der Waals surface area contributed by atoms with Crippen LogP contribution in [0, 0.1) is 5.82 Å². The molecule has 1 nitrogen and oxygen atoms in total. The maximum atomic E-state index is 13.3. The molecule has 0 aliphatic heterocycles. The molecule has 0 spiro atoms. The summed E-state index contributed by atoms with van der Waals surface area (Å²) in [7, 11) is 0. The van der Waals surface area contributed by atoms with Crippen LogP contribution in [0.2, 0.25) is 0 Å². The summed E-state index contributed by atoms with van der Waals surface area (Å²) in [5.74, 6) is 0.215. The first-order valence-corrected chi connectivity index (χ1v) is 5.16. The zero-order chi connectivity index (χ0) is 9.42. The zero-order valence-electron chi connectivity index (χ0n) is 7.13. The van der Waals surface area contributed by atoms with Gasteiger partial charge >= 0.3 is 0 Å². The van der Waals surface area contributed by atoms with E-state index in [-0.39, 0.29) is 11.9 Å². The molecule has 70 valence electrons. The lowest BCUT2D eigenvalue weighted by Crippen LogP contribution is -2.35. The molecule has 13 heavy (non-hydrogen) atoms. The van der Waals surface area contributed by atoms with Gasteiger partial charge in [-0.25, -0.2) is 4.39 Å². The highest BCUT2D eigenvalue weighted by molar-refractivity contribution is 9.10. The van der Waals surface area contributed by atoms with Crippen LogP contribution in [0.15, 0.2) is 22.7 Å². The Morgan fingerprint density at radius 3 is 2.69 bits per heavy atom. The van der Waals surface area contributed by atoms with Gasteiger partial charge in [0.05, 0.1) is 0 Å². The van der Waals surface area contributed by atoms with Crippen molar-refractivity contribution in [3.05, 3.63) is 34.1 Å². The van der Waals surface area contributed by atoms with E-state index in [9.17, 15) is 4.39 Å². The van der Waals surface area contributed by atoms with Crippen LogP contribution in [0.25, 0.3) is 0 Å². The van der Waals surface area contributed by atoms with Gasteiger partial charge in [0, 0.05) is 10.5 Å². The van der Waals surface area contributed by atoms with Gasteiger partial charge in [-0.2, -0.15) is 0 Å². The molecule has 2 rings (SSSR count). The first-order chi connectivity index (χ1) is 6.16. The normalized spacial score (nSPS) is 27.0. The van der Waals surface area contributed by atoms with Gasteiger partial charge in [-0.3, -0.25) is 0 Å². The van der Waals surface area contributed by atoms with Crippen LogP contribution in [0.3, 0.4) is 0 Å². The number of nitrogens with two attached hydrogens (primary N) is 1. The summed E-state index contributed by atoms with van der Waals surface area (Å²) in [5, 5.41) is 0. The number of rotatable bonds is 1. The molecule has 1 aromatic rings. The second-order valence-electron chi connectivity index (χ2n) is 3.59. The van der Waals surface area contributed by atoms with Crippen molar-refractivity contribution in [2.45, 2.75) is 24.8 Å². The van der Waals surface area contributed by atoms with Gasteiger partial charge < -0.3 is 5.73 Å². The lowest BCUT2D eigenvalue weighted by atomic mass is 9.76. The topological polar surface area (TPSA) is 26.0 Å². The Kier molecular flexibility index (Phi) is 2.39. The van der Waals surface area contributed by atoms with Gasteiger partial charge in [0.1, 0.15) is 5.82 Å². The van der Waals surface area contributed by atoms with Gasteiger partial charge in [-0.1, -0.05) is 15.9 Å². The van der Waals surface area contributed by atoms with E-state index in [1.54, 1.807) is 6.07 Å². The second kappa shape index (κ2) is 3.39. The molecule has 2 N–H and O–H groups in total. The minimum absolute atomic E-state index is 0.111. The smallest absolute Gasteiger partial charge is 0.126 e. The van der Waals surface area contributed by atoms with E-state index < -0.39 is 0 Å². The molecule has 1 aromatic carbocycles. The van der Waals surface area contributed by atoms with E-state index >= 15 is 0 Å². The van der Waals surface area contributed by atoms with Crippen molar-refractivity contribution in [3.8, 4) is 0 Å². The van der Waals surface area contributed by atoms with E-state index in [1.165, 1.54) is 6.07 Å². The summed E-state index contributed by atoms with van der Waals surface area (Å²) in [6.45, 7) is 0. The van der Waals surface area contributed by atoms with Crippen molar-refractivity contribution in [1.29, 1.82) is 0 Å². The number of hydrogen-bond donors (Lipinski definition) is 1. The van der Waals surface area contributed by atoms with Gasteiger partial charge in [0.25, 0.3) is 0 Å². The van der Waals surface area contributed by atoms with Crippen LogP contribution in [0.5, 0.6) is 0 Å². The van der Waals surface area contributed by atoms with Gasteiger partial charge in [0.15, 0.2) is 0 Å². The monoisotopic (exact) mass is 243 g/mol. The fourth-order valence-corrected chi connectivity index (χ4v) is 2.12. The molecule has 0 atom stereocenters. The van der Waals surface area contributed by atoms with Crippen LogP contribution < -0.4 is 5.73 Å². The first-order valence-electron chi connectivity index (χ1n) is 4.37. The Hall–Kier alpha value is -0.410. The summed E-state index contributed by atoms with van der Waals surface area (Å²) < 4.78 is 14.2. The summed E-state index contributed by atoms with van der Waals surface area (Å²) in [4.78, 5) is 0. The predicted molar refractivity (Wildman–Crippen MR) is 54.1 cm³/mol.